The Bertz CT molecular complexity index is 225. The summed E-state index contributed by atoms with van der Waals surface area (Å²) in [5.74, 6) is 0. The molecule has 0 bridgehead atoms. The van der Waals surface area contributed by atoms with Crippen molar-refractivity contribution in [3.63, 3.8) is 0 Å². The zero-order chi connectivity index (χ0) is 14.7. The summed E-state index contributed by atoms with van der Waals surface area (Å²) < 4.78 is 0. The second kappa shape index (κ2) is 10.6. The molecule has 1 unspecified atom stereocenters. The molecule has 1 fully saturated rings. The number of rotatable bonds is 13. The van der Waals surface area contributed by atoms with Crippen LogP contribution in [0.15, 0.2) is 0 Å². The molecule has 2 nitrogen and oxygen atoms in total. The molecular formula is C18H37NO. The molecular weight excluding hydrogens is 246 g/mol. The largest absolute Gasteiger partial charge is 0.389 e. The van der Waals surface area contributed by atoms with E-state index < -0.39 is 0 Å². The van der Waals surface area contributed by atoms with Crippen LogP contribution < -0.4 is 5.32 Å². The molecule has 0 aromatic carbocycles. The summed E-state index contributed by atoms with van der Waals surface area (Å²) in [5, 5.41) is 13.9. The third kappa shape index (κ3) is 7.64. The average Bonchev–Trinajstić information content (AvgIpc) is 2.42. The zero-order valence-electron chi connectivity index (χ0n) is 13.9. The van der Waals surface area contributed by atoms with Crippen LogP contribution in [0.2, 0.25) is 0 Å². The fraction of sp³-hybridized carbons (Fsp3) is 1.00. The van der Waals surface area contributed by atoms with Crippen LogP contribution in [0.3, 0.4) is 0 Å². The van der Waals surface area contributed by atoms with E-state index in [4.69, 9.17) is 0 Å². The predicted octanol–water partition coefficient (Wildman–Crippen LogP) is 4.80. The monoisotopic (exact) mass is 283 g/mol. The first-order valence-electron chi connectivity index (χ1n) is 9.16. The van der Waals surface area contributed by atoms with Crippen molar-refractivity contribution in [2.45, 2.75) is 109 Å². The lowest BCUT2D eigenvalue weighted by Crippen LogP contribution is -2.48. The molecule has 0 aromatic heterocycles. The second-order valence-electron chi connectivity index (χ2n) is 6.85. The maximum atomic E-state index is 10.2. The van der Waals surface area contributed by atoms with Crippen molar-refractivity contribution in [3.8, 4) is 0 Å². The molecule has 0 aliphatic heterocycles. The van der Waals surface area contributed by atoms with Gasteiger partial charge in [0.15, 0.2) is 0 Å². The predicted molar refractivity (Wildman–Crippen MR) is 88.1 cm³/mol. The van der Waals surface area contributed by atoms with Crippen molar-refractivity contribution < 1.29 is 5.11 Å². The Morgan fingerprint density at radius 3 is 2.00 bits per heavy atom. The Labute approximate surface area is 126 Å². The van der Waals surface area contributed by atoms with Gasteiger partial charge in [-0.05, 0) is 32.1 Å². The Morgan fingerprint density at radius 2 is 1.45 bits per heavy atom. The van der Waals surface area contributed by atoms with Crippen molar-refractivity contribution in [1.29, 1.82) is 0 Å². The molecule has 0 spiro atoms. The highest BCUT2D eigenvalue weighted by atomic mass is 16.3. The van der Waals surface area contributed by atoms with E-state index in [-0.39, 0.29) is 5.60 Å². The summed E-state index contributed by atoms with van der Waals surface area (Å²) in [7, 11) is 0. The quantitative estimate of drug-likeness (QED) is 0.476. The summed E-state index contributed by atoms with van der Waals surface area (Å²) in [6, 6.07) is 0.632. The molecule has 1 atom stereocenters. The molecule has 0 saturated heterocycles. The van der Waals surface area contributed by atoms with Crippen LogP contribution in [0.5, 0.6) is 0 Å². The van der Waals surface area contributed by atoms with Crippen molar-refractivity contribution in [1.82, 2.24) is 5.32 Å². The van der Waals surface area contributed by atoms with Gasteiger partial charge < -0.3 is 10.4 Å². The summed E-state index contributed by atoms with van der Waals surface area (Å²) in [6.45, 7) is 5.36. The first-order valence-corrected chi connectivity index (χ1v) is 9.16. The molecule has 1 aliphatic carbocycles. The number of aliphatic hydroxyl groups is 1. The van der Waals surface area contributed by atoms with E-state index in [0.717, 1.165) is 19.4 Å². The number of nitrogens with one attached hydrogen (secondary N) is 1. The first kappa shape index (κ1) is 18.0. The molecule has 120 valence electrons. The minimum atomic E-state index is -0.370. The van der Waals surface area contributed by atoms with E-state index in [9.17, 15) is 5.11 Å². The fourth-order valence-electron chi connectivity index (χ4n) is 3.08. The molecule has 20 heavy (non-hydrogen) atoms. The maximum absolute atomic E-state index is 10.2. The average molecular weight is 284 g/mol. The van der Waals surface area contributed by atoms with Crippen LogP contribution in [-0.2, 0) is 0 Å². The Kier molecular flexibility index (Phi) is 9.54. The lowest BCUT2D eigenvalue weighted by Gasteiger charge is -2.38. The van der Waals surface area contributed by atoms with E-state index in [2.05, 4.69) is 19.2 Å². The molecule has 1 aliphatic rings. The molecule has 1 saturated carbocycles. The summed E-state index contributed by atoms with van der Waals surface area (Å²) >= 11 is 0. The highest BCUT2D eigenvalue weighted by Crippen LogP contribution is 2.31. The van der Waals surface area contributed by atoms with E-state index in [1.54, 1.807) is 0 Å². The minimum absolute atomic E-state index is 0.370. The van der Waals surface area contributed by atoms with Gasteiger partial charge in [0.25, 0.3) is 0 Å². The zero-order valence-corrected chi connectivity index (χ0v) is 13.9. The van der Waals surface area contributed by atoms with Gasteiger partial charge in [-0.2, -0.15) is 0 Å². The molecule has 2 heteroatoms. The molecule has 0 radical (unpaired) electrons. The van der Waals surface area contributed by atoms with Gasteiger partial charge in [0, 0.05) is 12.6 Å². The minimum Gasteiger partial charge on any atom is -0.389 e. The Hall–Kier alpha value is -0.0800. The van der Waals surface area contributed by atoms with Crippen molar-refractivity contribution in [2.75, 3.05) is 6.54 Å². The fourth-order valence-corrected chi connectivity index (χ4v) is 3.08. The number of hydrogen-bond donors (Lipinski definition) is 2. The van der Waals surface area contributed by atoms with Crippen LogP contribution >= 0.6 is 0 Å². The Morgan fingerprint density at radius 1 is 0.900 bits per heavy atom. The molecule has 0 amide bonds. The van der Waals surface area contributed by atoms with Crippen LogP contribution in [0.25, 0.3) is 0 Å². The highest BCUT2D eigenvalue weighted by molar-refractivity contribution is 4.90. The van der Waals surface area contributed by atoms with E-state index in [1.807, 2.05) is 0 Å². The molecule has 0 heterocycles. The number of unbranched alkanes of at least 4 members (excludes halogenated alkanes) is 6. The first-order chi connectivity index (χ1) is 9.70. The summed E-state index contributed by atoms with van der Waals surface area (Å²) in [4.78, 5) is 0. The van der Waals surface area contributed by atoms with Gasteiger partial charge >= 0.3 is 0 Å². The lowest BCUT2D eigenvalue weighted by molar-refractivity contribution is -0.0336. The van der Waals surface area contributed by atoms with Crippen LogP contribution in [0.1, 0.15) is 97.3 Å². The molecule has 0 aromatic rings. The Balaban J connectivity index is 2.16. The van der Waals surface area contributed by atoms with E-state index >= 15 is 0 Å². The lowest BCUT2D eigenvalue weighted by atomic mass is 9.80. The highest BCUT2D eigenvalue weighted by Gasteiger charge is 2.34. The molecule has 2 N–H and O–H groups in total. The third-order valence-corrected chi connectivity index (χ3v) is 4.82. The normalized spacial score (nSPS) is 18.8. The SMILES string of the molecule is CCCCCCCC(CCCCC)NCC1(O)CCC1. The van der Waals surface area contributed by atoms with Crippen molar-refractivity contribution in [2.24, 2.45) is 0 Å². The van der Waals surface area contributed by atoms with Gasteiger partial charge in [-0.1, -0.05) is 65.2 Å². The van der Waals surface area contributed by atoms with Gasteiger partial charge in [0.2, 0.25) is 0 Å². The molecule has 1 rings (SSSR count). The van der Waals surface area contributed by atoms with Gasteiger partial charge in [0.1, 0.15) is 0 Å². The van der Waals surface area contributed by atoms with E-state index in [0.29, 0.717) is 6.04 Å². The second-order valence-corrected chi connectivity index (χ2v) is 6.85. The summed E-state index contributed by atoms with van der Waals surface area (Å²) in [6.07, 6.45) is 16.6. The van der Waals surface area contributed by atoms with Gasteiger partial charge in [-0.3, -0.25) is 0 Å². The van der Waals surface area contributed by atoms with Crippen LogP contribution in [0, 0.1) is 0 Å². The van der Waals surface area contributed by atoms with Crippen LogP contribution in [0.4, 0.5) is 0 Å². The number of hydrogen-bond acceptors (Lipinski definition) is 2. The van der Waals surface area contributed by atoms with E-state index in [1.165, 1.54) is 70.6 Å². The smallest absolute Gasteiger partial charge is 0.0771 e. The van der Waals surface area contributed by atoms with Gasteiger partial charge in [0.05, 0.1) is 5.60 Å². The van der Waals surface area contributed by atoms with Crippen molar-refractivity contribution in [3.05, 3.63) is 0 Å². The van der Waals surface area contributed by atoms with Gasteiger partial charge in [-0.15, -0.1) is 0 Å². The van der Waals surface area contributed by atoms with Crippen LogP contribution in [-0.4, -0.2) is 23.3 Å². The summed E-state index contributed by atoms with van der Waals surface area (Å²) in [5.41, 5.74) is -0.370. The topological polar surface area (TPSA) is 32.3 Å². The third-order valence-electron chi connectivity index (χ3n) is 4.82. The standard InChI is InChI=1S/C18H37NO/c1-3-5-7-8-10-13-17(12-9-6-4-2)19-16-18(20)14-11-15-18/h17,19-20H,3-16H2,1-2H3. The maximum Gasteiger partial charge on any atom is 0.0771 e. The van der Waals surface area contributed by atoms with Gasteiger partial charge in [-0.25, -0.2) is 0 Å². The van der Waals surface area contributed by atoms with Crippen molar-refractivity contribution >= 4 is 0 Å².